The standard InChI is InChI=1S/C36H38F2N4O7S/c37-21-10-14-28-27(16-21)33(34-32(40-28)25-13-9-22(38)17-30(25)49-34)48-23-18-29(35(39)44)42(19-23)31(43)8-6-4-2-1-3-5-7-20-15-26(20)36(45)41-50(46,47)24-11-12-24/h5,7,9-10,13-14,16-17,20,23-24,26,29H,1-4,6,8,11-12,15,18-19H2,(H2,39,44)(H,41,45)/b7-5-/t20-,23-,26+,29+/m1/s1. The fourth-order valence-electron chi connectivity index (χ4n) is 6.78. The van der Waals surface area contributed by atoms with Gasteiger partial charge in [-0.15, -0.1) is 0 Å². The van der Waals surface area contributed by atoms with E-state index in [-0.39, 0.29) is 54.0 Å². The van der Waals surface area contributed by atoms with Crippen LogP contribution in [-0.4, -0.2) is 60.0 Å². The maximum atomic E-state index is 14.4. The molecule has 0 spiro atoms. The number of nitrogens with zero attached hydrogens (tertiary/aromatic N) is 2. The van der Waals surface area contributed by atoms with E-state index in [1.54, 1.807) is 6.07 Å². The zero-order valence-corrected chi connectivity index (χ0v) is 28.1. The molecule has 4 atom stereocenters. The number of ether oxygens (including phenoxy) is 1. The number of furan rings is 1. The van der Waals surface area contributed by atoms with Gasteiger partial charge >= 0.3 is 0 Å². The summed E-state index contributed by atoms with van der Waals surface area (Å²) in [6, 6.07) is 7.29. The Morgan fingerprint density at radius 1 is 1.02 bits per heavy atom. The quantitative estimate of drug-likeness (QED) is 0.130. The fourth-order valence-corrected chi connectivity index (χ4v) is 8.13. The van der Waals surface area contributed by atoms with Crippen molar-refractivity contribution in [2.75, 3.05) is 6.54 Å². The number of allylic oxidation sites excluding steroid dienone is 2. The number of carbonyl (C=O) groups is 3. The third-order valence-corrected chi connectivity index (χ3v) is 11.6. The smallest absolute Gasteiger partial charge is 0.240 e. The molecule has 0 unspecified atom stereocenters. The van der Waals surface area contributed by atoms with Gasteiger partial charge in [-0.25, -0.2) is 22.2 Å². The van der Waals surface area contributed by atoms with Gasteiger partial charge in [-0.2, -0.15) is 0 Å². The third kappa shape index (κ3) is 7.16. The Kier molecular flexibility index (Phi) is 9.22. The number of halogens is 2. The van der Waals surface area contributed by atoms with Gasteiger partial charge in [-0.05, 0) is 74.8 Å². The molecule has 264 valence electrons. The minimum Gasteiger partial charge on any atom is -0.484 e. The van der Waals surface area contributed by atoms with Crippen LogP contribution in [0.3, 0.4) is 0 Å². The molecule has 1 saturated heterocycles. The number of nitrogens with one attached hydrogen (secondary N) is 1. The van der Waals surface area contributed by atoms with Crippen LogP contribution in [0.1, 0.15) is 64.2 Å². The van der Waals surface area contributed by atoms with Crippen molar-refractivity contribution >= 4 is 60.7 Å². The summed E-state index contributed by atoms with van der Waals surface area (Å²) in [5.41, 5.74) is 7.02. The van der Waals surface area contributed by atoms with E-state index < -0.39 is 50.9 Å². The highest BCUT2D eigenvalue weighted by atomic mass is 32.2. The van der Waals surface area contributed by atoms with E-state index in [0.717, 1.165) is 25.7 Å². The molecule has 3 aliphatic rings. The summed E-state index contributed by atoms with van der Waals surface area (Å²) in [7, 11) is -3.52. The van der Waals surface area contributed by atoms with Gasteiger partial charge in [-0.3, -0.25) is 19.1 Å². The molecule has 3 fully saturated rings. The lowest BCUT2D eigenvalue weighted by atomic mass is 10.1. The maximum absolute atomic E-state index is 14.4. The monoisotopic (exact) mass is 708 g/mol. The normalized spacial score (nSPS) is 22.2. The number of rotatable bonds is 14. The van der Waals surface area contributed by atoms with E-state index in [2.05, 4.69) is 9.71 Å². The second kappa shape index (κ2) is 13.6. The maximum Gasteiger partial charge on any atom is 0.240 e. The lowest BCUT2D eigenvalue weighted by molar-refractivity contribution is -0.137. The summed E-state index contributed by atoms with van der Waals surface area (Å²) in [6.07, 6.45) is 9.65. The van der Waals surface area contributed by atoms with Crippen molar-refractivity contribution in [3.63, 3.8) is 0 Å². The molecular weight excluding hydrogens is 670 g/mol. The molecule has 3 amide bonds. The van der Waals surface area contributed by atoms with E-state index in [1.807, 2.05) is 12.2 Å². The molecule has 3 N–H and O–H groups in total. The van der Waals surface area contributed by atoms with Crippen molar-refractivity contribution in [2.45, 2.75) is 81.6 Å². The Labute approximate surface area is 287 Å². The van der Waals surface area contributed by atoms with Gasteiger partial charge in [-0.1, -0.05) is 25.0 Å². The second-order valence-corrected chi connectivity index (χ2v) is 15.5. The van der Waals surface area contributed by atoms with Crippen LogP contribution in [-0.2, 0) is 24.4 Å². The van der Waals surface area contributed by atoms with E-state index in [1.165, 1.54) is 35.2 Å². The Morgan fingerprint density at radius 2 is 1.78 bits per heavy atom. The van der Waals surface area contributed by atoms with Crippen molar-refractivity contribution in [1.29, 1.82) is 0 Å². The van der Waals surface area contributed by atoms with Crippen LogP contribution in [0.5, 0.6) is 5.75 Å². The van der Waals surface area contributed by atoms with Crippen molar-refractivity contribution in [3.05, 3.63) is 60.2 Å². The van der Waals surface area contributed by atoms with Crippen LogP contribution < -0.4 is 15.2 Å². The highest BCUT2D eigenvalue weighted by molar-refractivity contribution is 7.90. The number of amides is 3. The average molecular weight is 709 g/mol. The number of hydrogen-bond donors (Lipinski definition) is 2. The molecule has 2 saturated carbocycles. The van der Waals surface area contributed by atoms with E-state index >= 15 is 0 Å². The molecule has 2 aromatic carbocycles. The highest BCUT2D eigenvalue weighted by Gasteiger charge is 2.45. The topological polar surface area (TPSA) is 162 Å². The van der Waals surface area contributed by atoms with Crippen LogP contribution in [0.25, 0.3) is 33.0 Å². The van der Waals surface area contributed by atoms with Gasteiger partial charge in [0.15, 0.2) is 11.3 Å². The predicted octanol–water partition coefficient (Wildman–Crippen LogP) is 5.39. The van der Waals surface area contributed by atoms with Gasteiger partial charge < -0.3 is 19.8 Å². The molecule has 2 aromatic heterocycles. The highest BCUT2D eigenvalue weighted by Crippen LogP contribution is 2.42. The summed E-state index contributed by atoms with van der Waals surface area (Å²) in [5.74, 6) is -2.29. The number of fused-ring (bicyclic) bond motifs is 4. The number of benzene rings is 2. The molecule has 11 nitrogen and oxygen atoms in total. The summed E-state index contributed by atoms with van der Waals surface area (Å²) in [4.78, 5) is 44.0. The summed E-state index contributed by atoms with van der Waals surface area (Å²) < 4.78 is 66.9. The van der Waals surface area contributed by atoms with Crippen molar-refractivity contribution in [3.8, 4) is 5.75 Å². The molecule has 2 aliphatic carbocycles. The minimum atomic E-state index is -3.52. The number of primary amides is 1. The lowest BCUT2D eigenvalue weighted by Crippen LogP contribution is -2.43. The van der Waals surface area contributed by atoms with Crippen LogP contribution in [0.15, 0.2) is 53.0 Å². The largest absolute Gasteiger partial charge is 0.484 e. The van der Waals surface area contributed by atoms with E-state index in [0.29, 0.717) is 47.5 Å². The first kappa shape index (κ1) is 33.9. The second-order valence-electron chi connectivity index (χ2n) is 13.6. The van der Waals surface area contributed by atoms with Crippen LogP contribution in [0, 0.1) is 23.5 Å². The van der Waals surface area contributed by atoms with Crippen molar-refractivity contribution in [2.24, 2.45) is 17.6 Å². The molecule has 14 heteroatoms. The minimum absolute atomic E-state index is 0.0706. The van der Waals surface area contributed by atoms with Gasteiger partial charge in [0.05, 0.1) is 17.3 Å². The van der Waals surface area contributed by atoms with E-state index in [4.69, 9.17) is 14.9 Å². The molecule has 1 aliphatic heterocycles. The van der Waals surface area contributed by atoms with Gasteiger partial charge in [0, 0.05) is 35.6 Å². The first-order valence-corrected chi connectivity index (χ1v) is 18.6. The summed E-state index contributed by atoms with van der Waals surface area (Å²) in [6.45, 7) is 0.0966. The van der Waals surface area contributed by atoms with Crippen molar-refractivity contribution in [1.82, 2.24) is 14.6 Å². The number of carbonyl (C=O) groups excluding carboxylic acids is 3. The van der Waals surface area contributed by atoms with Gasteiger partial charge in [0.2, 0.25) is 27.7 Å². The zero-order valence-electron chi connectivity index (χ0n) is 27.3. The van der Waals surface area contributed by atoms with Crippen molar-refractivity contribution < 1.29 is 40.7 Å². The lowest BCUT2D eigenvalue weighted by Gasteiger charge is -2.22. The number of pyridine rings is 1. The molecule has 50 heavy (non-hydrogen) atoms. The summed E-state index contributed by atoms with van der Waals surface area (Å²) >= 11 is 0. The molecular formula is C36H38F2N4O7S. The number of sulfonamides is 1. The Hall–Kier alpha value is -4.59. The van der Waals surface area contributed by atoms with E-state index in [9.17, 15) is 31.6 Å². The number of unbranched alkanes of at least 4 members (excludes halogenated alkanes) is 4. The first-order valence-electron chi connectivity index (χ1n) is 17.1. The Morgan fingerprint density at radius 3 is 2.56 bits per heavy atom. The fraction of sp³-hybridized carbons (Fsp3) is 0.444. The molecule has 7 rings (SSSR count). The number of likely N-dealkylation sites (tertiary alicyclic amines) is 1. The Balaban J connectivity index is 0.914. The van der Waals surface area contributed by atoms with Gasteiger partial charge in [0.25, 0.3) is 0 Å². The number of nitrogens with two attached hydrogens (primary N) is 1. The third-order valence-electron chi connectivity index (χ3n) is 9.74. The van der Waals surface area contributed by atoms with Gasteiger partial charge in [0.1, 0.15) is 34.9 Å². The molecule has 3 heterocycles. The van der Waals surface area contributed by atoms with Crippen LogP contribution in [0.2, 0.25) is 0 Å². The predicted molar refractivity (Wildman–Crippen MR) is 181 cm³/mol. The first-order chi connectivity index (χ1) is 24.0. The molecule has 0 radical (unpaired) electrons. The number of aromatic nitrogens is 1. The SMILES string of the molecule is NC(=O)[C@@H]1C[C@@H](Oc2c3cc(F)ccc3nc3c2oc2cc(F)ccc23)CN1C(=O)CCCCCC/C=C\[C@@H]1C[C@@H]1C(=O)NS(=O)(=O)C1CC1. The average Bonchev–Trinajstić information content (AvgIpc) is 3.99. The summed E-state index contributed by atoms with van der Waals surface area (Å²) in [5, 5.41) is 0.484. The molecule has 4 aromatic rings. The molecule has 0 bridgehead atoms. The number of hydrogen-bond acceptors (Lipinski definition) is 8. The van der Waals surface area contributed by atoms with Crippen LogP contribution in [0.4, 0.5) is 8.78 Å². The zero-order chi connectivity index (χ0) is 35.2. The Bertz CT molecular complexity index is 2130. The van der Waals surface area contributed by atoms with Crippen LogP contribution >= 0.6 is 0 Å².